The Morgan fingerprint density at radius 2 is 1.65 bits per heavy atom. The summed E-state index contributed by atoms with van der Waals surface area (Å²) in [6.45, 7) is 0. The van der Waals surface area contributed by atoms with Crippen molar-refractivity contribution in [3.05, 3.63) is 24.3 Å². The average molecular weight is 256 g/mol. The zero-order valence-electron chi connectivity index (χ0n) is 9.50. The highest BCUT2D eigenvalue weighted by molar-refractivity contribution is 7.87. The van der Waals surface area contributed by atoms with Crippen molar-refractivity contribution in [1.82, 2.24) is 0 Å². The molecular formula is C12H16O4S. The van der Waals surface area contributed by atoms with E-state index in [0.29, 0.717) is 12.8 Å². The molecule has 17 heavy (non-hydrogen) atoms. The fraction of sp³-hybridized carbons (Fsp3) is 0.500. The van der Waals surface area contributed by atoms with Crippen LogP contribution < -0.4 is 4.18 Å². The lowest BCUT2D eigenvalue weighted by atomic mass is 10.0. The van der Waals surface area contributed by atoms with Crippen LogP contribution >= 0.6 is 0 Å². The molecule has 0 aromatic heterocycles. The summed E-state index contributed by atoms with van der Waals surface area (Å²) in [5.41, 5.74) is 0. The normalized spacial score (nSPS) is 17.9. The van der Waals surface area contributed by atoms with Crippen LogP contribution in [0.3, 0.4) is 0 Å². The van der Waals surface area contributed by atoms with E-state index >= 15 is 0 Å². The van der Waals surface area contributed by atoms with Crippen LogP contribution in [0.4, 0.5) is 0 Å². The first-order valence-corrected chi connectivity index (χ1v) is 7.27. The van der Waals surface area contributed by atoms with E-state index < -0.39 is 10.1 Å². The van der Waals surface area contributed by atoms with Gasteiger partial charge in [-0.2, -0.15) is 8.42 Å². The van der Waals surface area contributed by atoms with Crippen molar-refractivity contribution in [1.29, 1.82) is 0 Å². The third-order valence-electron chi connectivity index (χ3n) is 3.01. The number of phenols is 1. The SMILES string of the molecule is O=S(=O)(Oc1ccc(O)cc1)C1CCCCC1. The van der Waals surface area contributed by atoms with Crippen molar-refractivity contribution in [2.24, 2.45) is 0 Å². The molecule has 5 heteroatoms. The van der Waals surface area contributed by atoms with E-state index in [2.05, 4.69) is 0 Å². The van der Waals surface area contributed by atoms with E-state index in [4.69, 9.17) is 9.29 Å². The van der Waals surface area contributed by atoms with Crippen molar-refractivity contribution >= 4 is 10.1 Å². The van der Waals surface area contributed by atoms with Crippen LogP contribution in [-0.4, -0.2) is 18.8 Å². The van der Waals surface area contributed by atoms with Crippen molar-refractivity contribution in [2.45, 2.75) is 37.4 Å². The van der Waals surface area contributed by atoms with Crippen LogP contribution in [0.15, 0.2) is 24.3 Å². The molecule has 1 aliphatic carbocycles. The Morgan fingerprint density at radius 3 is 2.24 bits per heavy atom. The highest BCUT2D eigenvalue weighted by Crippen LogP contribution is 2.26. The molecule has 4 nitrogen and oxygen atoms in total. The number of aromatic hydroxyl groups is 1. The molecule has 0 atom stereocenters. The molecule has 0 spiro atoms. The highest BCUT2D eigenvalue weighted by Gasteiger charge is 2.28. The van der Waals surface area contributed by atoms with Crippen LogP contribution in [0.2, 0.25) is 0 Å². The molecule has 1 N–H and O–H groups in total. The highest BCUT2D eigenvalue weighted by atomic mass is 32.2. The van der Waals surface area contributed by atoms with Crippen LogP contribution in [0.25, 0.3) is 0 Å². The third-order valence-corrected chi connectivity index (χ3v) is 4.72. The minimum atomic E-state index is -3.53. The molecule has 0 unspecified atom stereocenters. The number of benzene rings is 1. The molecule has 0 bridgehead atoms. The zero-order chi connectivity index (χ0) is 12.3. The monoisotopic (exact) mass is 256 g/mol. The molecule has 0 saturated heterocycles. The molecule has 0 heterocycles. The van der Waals surface area contributed by atoms with Crippen molar-refractivity contribution in [2.75, 3.05) is 0 Å². The molecule has 0 amide bonds. The lowest BCUT2D eigenvalue weighted by Crippen LogP contribution is -2.28. The topological polar surface area (TPSA) is 63.6 Å². The summed E-state index contributed by atoms with van der Waals surface area (Å²) < 4.78 is 29.0. The van der Waals surface area contributed by atoms with E-state index in [1.165, 1.54) is 24.3 Å². The molecule has 0 radical (unpaired) electrons. The van der Waals surface area contributed by atoms with E-state index in [1.54, 1.807) is 0 Å². The Labute approximate surface area is 101 Å². The molecule has 1 fully saturated rings. The summed E-state index contributed by atoms with van der Waals surface area (Å²) in [4.78, 5) is 0. The lowest BCUT2D eigenvalue weighted by molar-refractivity contribution is 0.428. The largest absolute Gasteiger partial charge is 0.508 e. The predicted molar refractivity (Wildman–Crippen MR) is 64.5 cm³/mol. The van der Waals surface area contributed by atoms with E-state index in [1.807, 2.05) is 0 Å². The first kappa shape index (κ1) is 12.2. The maximum absolute atomic E-state index is 12.0. The van der Waals surface area contributed by atoms with Gasteiger partial charge < -0.3 is 9.29 Å². The lowest BCUT2D eigenvalue weighted by Gasteiger charge is -2.21. The Bertz CT molecular complexity index is 458. The molecule has 1 aromatic rings. The average Bonchev–Trinajstić information content (AvgIpc) is 2.33. The van der Waals surface area contributed by atoms with Crippen molar-refractivity contribution in [3.8, 4) is 11.5 Å². The zero-order valence-corrected chi connectivity index (χ0v) is 10.3. The second-order valence-corrected chi connectivity index (χ2v) is 6.15. The second-order valence-electron chi connectivity index (χ2n) is 4.33. The molecule has 1 saturated carbocycles. The fourth-order valence-electron chi connectivity index (χ4n) is 2.06. The Morgan fingerprint density at radius 1 is 1.06 bits per heavy atom. The van der Waals surface area contributed by atoms with Gasteiger partial charge in [-0.3, -0.25) is 0 Å². The summed E-state index contributed by atoms with van der Waals surface area (Å²) in [6, 6.07) is 5.73. The standard InChI is InChI=1S/C12H16O4S/c13-10-6-8-11(9-7-10)16-17(14,15)12-4-2-1-3-5-12/h6-9,12-13H,1-5H2. The quantitative estimate of drug-likeness (QED) is 0.844. The van der Waals surface area contributed by atoms with Gasteiger partial charge in [-0.15, -0.1) is 0 Å². The summed E-state index contributed by atoms with van der Waals surface area (Å²) in [6.07, 6.45) is 4.36. The van der Waals surface area contributed by atoms with E-state index in [0.717, 1.165) is 19.3 Å². The van der Waals surface area contributed by atoms with Gasteiger partial charge in [-0.05, 0) is 37.1 Å². The maximum atomic E-state index is 12.0. The number of hydrogen-bond donors (Lipinski definition) is 1. The summed E-state index contributed by atoms with van der Waals surface area (Å²) in [7, 11) is -3.53. The van der Waals surface area contributed by atoms with E-state index in [-0.39, 0.29) is 16.7 Å². The van der Waals surface area contributed by atoms with Gasteiger partial charge in [-0.25, -0.2) is 0 Å². The van der Waals surface area contributed by atoms with Gasteiger partial charge in [0.05, 0.1) is 5.25 Å². The smallest absolute Gasteiger partial charge is 0.312 e. The van der Waals surface area contributed by atoms with Gasteiger partial charge in [0, 0.05) is 0 Å². The van der Waals surface area contributed by atoms with Crippen LogP contribution in [-0.2, 0) is 10.1 Å². The summed E-state index contributed by atoms with van der Waals surface area (Å²) in [5.74, 6) is 0.348. The van der Waals surface area contributed by atoms with Crippen molar-refractivity contribution < 1.29 is 17.7 Å². The molecule has 1 aromatic carbocycles. The molecule has 94 valence electrons. The molecule has 1 aliphatic rings. The maximum Gasteiger partial charge on any atom is 0.312 e. The first-order chi connectivity index (χ1) is 8.08. The Kier molecular flexibility index (Phi) is 3.57. The van der Waals surface area contributed by atoms with Gasteiger partial charge in [0.25, 0.3) is 0 Å². The van der Waals surface area contributed by atoms with Crippen LogP contribution in [0, 0.1) is 0 Å². The third kappa shape index (κ3) is 3.12. The Balaban J connectivity index is 2.08. The number of phenolic OH excluding ortho intramolecular Hbond substituents is 1. The fourth-order valence-corrected chi connectivity index (χ4v) is 3.48. The van der Waals surface area contributed by atoms with Gasteiger partial charge in [0.15, 0.2) is 0 Å². The minimum Gasteiger partial charge on any atom is -0.508 e. The number of rotatable bonds is 3. The Hall–Kier alpha value is -1.23. The van der Waals surface area contributed by atoms with Gasteiger partial charge >= 0.3 is 10.1 Å². The summed E-state index contributed by atoms with van der Waals surface area (Å²) in [5, 5.41) is 8.71. The van der Waals surface area contributed by atoms with E-state index in [9.17, 15) is 8.42 Å². The molecule has 0 aliphatic heterocycles. The molecular weight excluding hydrogens is 240 g/mol. The predicted octanol–water partition coefficient (Wildman–Crippen LogP) is 2.43. The minimum absolute atomic E-state index is 0.0902. The molecule has 2 rings (SSSR count). The van der Waals surface area contributed by atoms with Gasteiger partial charge in [0.2, 0.25) is 0 Å². The number of hydrogen-bond acceptors (Lipinski definition) is 4. The second kappa shape index (κ2) is 4.96. The van der Waals surface area contributed by atoms with Gasteiger partial charge in [0.1, 0.15) is 11.5 Å². The summed E-state index contributed by atoms with van der Waals surface area (Å²) >= 11 is 0. The van der Waals surface area contributed by atoms with Crippen molar-refractivity contribution in [3.63, 3.8) is 0 Å². The van der Waals surface area contributed by atoms with Crippen LogP contribution in [0.1, 0.15) is 32.1 Å². The first-order valence-electron chi connectivity index (χ1n) is 5.80. The van der Waals surface area contributed by atoms with Crippen LogP contribution in [0.5, 0.6) is 11.5 Å². The van der Waals surface area contributed by atoms with Gasteiger partial charge in [-0.1, -0.05) is 19.3 Å².